The van der Waals surface area contributed by atoms with Gasteiger partial charge >= 0.3 is 0 Å². The van der Waals surface area contributed by atoms with E-state index < -0.39 is 0 Å². The topological polar surface area (TPSA) is 84.9 Å². The fourth-order valence-electron chi connectivity index (χ4n) is 2.86. The Labute approximate surface area is 144 Å². The number of rotatable bonds is 2. The summed E-state index contributed by atoms with van der Waals surface area (Å²) in [5.74, 6) is 0.346. The number of phenols is 1. The molecular formula is C20H16N4O. The molecule has 2 aromatic heterocycles. The minimum atomic E-state index is 0.139. The second kappa shape index (κ2) is 5.87. The summed E-state index contributed by atoms with van der Waals surface area (Å²) in [6, 6.07) is 17.2. The Bertz CT molecular complexity index is 1070. The second-order valence-electron chi connectivity index (χ2n) is 5.89. The largest absolute Gasteiger partial charge is 0.506 e. The van der Waals surface area contributed by atoms with Gasteiger partial charge in [-0.25, -0.2) is 9.97 Å². The van der Waals surface area contributed by atoms with Gasteiger partial charge in [0.15, 0.2) is 0 Å². The molecule has 0 aliphatic rings. The molecule has 0 bridgehead atoms. The van der Waals surface area contributed by atoms with Gasteiger partial charge in [0, 0.05) is 22.7 Å². The van der Waals surface area contributed by atoms with E-state index in [2.05, 4.69) is 15.0 Å². The third kappa shape index (κ3) is 2.76. The zero-order valence-electron chi connectivity index (χ0n) is 13.6. The average molecular weight is 328 g/mol. The van der Waals surface area contributed by atoms with E-state index in [0.717, 1.165) is 22.2 Å². The number of aromatic hydroxyl groups is 1. The predicted molar refractivity (Wildman–Crippen MR) is 99.0 cm³/mol. The van der Waals surface area contributed by atoms with Gasteiger partial charge in [0.1, 0.15) is 11.3 Å². The number of nitrogen functional groups attached to an aromatic ring is 1. The van der Waals surface area contributed by atoms with Gasteiger partial charge < -0.3 is 10.8 Å². The molecule has 0 fully saturated rings. The molecule has 4 aromatic rings. The summed E-state index contributed by atoms with van der Waals surface area (Å²) in [6.45, 7) is 2.04. The van der Waals surface area contributed by atoms with Gasteiger partial charge in [0.05, 0.1) is 11.4 Å². The van der Waals surface area contributed by atoms with Crippen molar-refractivity contribution in [3.05, 3.63) is 66.4 Å². The van der Waals surface area contributed by atoms with Crippen LogP contribution < -0.4 is 5.73 Å². The van der Waals surface area contributed by atoms with Crippen LogP contribution in [0.4, 0.5) is 5.95 Å². The highest BCUT2D eigenvalue weighted by Crippen LogP contribution is 2.33. The average Bonchev–Trinajstić information content (AvgIpc) is 2.62. The van der Waals surface area contributed by atoms with E-state index in [9.17, 15) is 5.11 Å². The molecule has 3 N–H and O–H groups in total. The molecule has 0 radical (unpaired) electrons. The Morgan fingerprint density at radius 2 is 1.68 bits per heavy atom. The summed E-state index contributed by atoms with van der Waals surface area (Å²) < 4.78 is 0. The maximum absolute atomic E-state index is 10.0. The quantitative estimate of drug-likeness (QED) is 0.582. The van der Waals surface area contributed by atoms with Crippen molar-refractivity contribution in [1.29, 1.82) is 0 Å². The number of nitrogens with two attached hydrogens (primary N) is 1. The number of benzene rings is 2. The van der Waals surface area contributed by atoms with Gasteiger partial charge in [0.2, 0.25) is 5.95 Å². The summed E-state index contributed by atoms with van der Waals surface area (Å²) in [7, 11) is 0. The number of nitrogens with zero attached hydrogens (tertiary/aromatic N) is 3. The molecule has 0 spiro atoms. The number of aromatic nitrogens is 3. The Hall–Kier alpha value is -3.47. The molecule has 5 nitrogen and oxygen atoms in total. The lowest BCUT2D eigenvalue weighted by molar-refractivity contribution is 0.480. The molecule has 0 unspecified atom stereocenters. The molecule has 5 heteroatoms. The van der Waals surface area contributed by atoms with Crippen LogP contribution in [0.2, 0.25) is 0 Å². The summed E-state index contributed by atoms with van der Waals surface area (Å²) in [4.78, 5) is 13.0. The van der Waals surface area contributed by atoms with E-state index >= 15 is 0 Å². The van der Waals surface area contributed by atoms with Crippen molar-refractivity contribution < 1.29 is 5.11 Å². The highest BCUT2D eigenvalue weighted by Gasteiger charge is 2.12. The van der Waals surface area contributed by atoms with E-state index in [1.54, 1.807) is 12.3 Å². The maximum Gasteiger partial charge on any atom is 0.221 e. The van der Waals surface area contributed by atoms with Crippen molar-refractivity contribution >= 4 is 16.9 Å². The summed E-state index contributed by atoms with van der Waals surface area (Å²) in [5, 5.41) is 10.9. The standard InChI is InChI=1S/C20H16N4O/c1-12-4-6-13(7-5-12)16-11-17(24-20(21)23-16)14-8-9-18(25)19-15(14)3-2-10-22-19/h2-11,25H,1H3,(H2,21,23,24). The van der Waals surface area contributed by atoms with Gasteiger partial charge in [-0.2, -0.15) is 0 Å². The van der Waals surface area contributed by atoms with E-state index in [0.29, 0.717) is 11.2 Å². The maximum atomic E-state index is 10.0. The highest BCUT2D eigenvalue weighted by molar-refractivity contribution is 5.97. The molecule has 4 rings (SSSR count). The Balaban J connectivity index is 1.92. The summed E-state index contributed by atoms with van der Waals surface area (Å²) >= 11 is 0. The lowest BCUT2D eigenvalue weighted by atomic mass is 10.0. The fourth-order valence-corrected chi connectivity index (χ4v) is 2.86. The van der Waals surface area contributed by atoms with Crippen LogP contribution in [0.1, 0.15) is 5.56 Å². The van der Waals surface area contributed by atoms with Crippen molar-refractivity contribution in [2.75, 3.05) is 5.73 Å². The van der Waals surface area contributed by atoms with Crippen molar-refractivity contribution in [3.8, 4) is 28.3 Å². The van der Waals surface area contributed by atoms with Crippen LogP contribution in [0.3, 0.4) is 0 Å². The van der Waals surface area contributed by atoms with Crippen molar-refractivity contribution in [3.63, 3.8) is 0 Å². The molecule has 0 saturated carbocycles. The predicted octanol–water partition coefficient (Wildman–Crippen LogP) is 3.96. The first-order valence-electron chi connectivity index (χ1n) is 7.90. The minimum Gasteiger partial charge on any atom is -0.506 e. The Morgan fingerprint density at radius 3 is 2.48 bits per heavy atom. The molecule has 0 aliphatic carbocycles. The highest BCUT2D eigenvalue weighted by atomic mass is 16.3. The van der Waals surface area contributed by atoms with Crippen LogP contribution in [0.5, 0.6) is 5.75 Å². The van der Waals surface area contributed by atoms with Crippen LogP contribution in [0.15, 0.2) is 60.8 Å². The normalized spacial score (nSPS) is 10.9. The molecular weight excluding hydrogens is 312 g/mol. The lowest BCUT2D eigenvalue weighted by Crippen LogP contribution is -1.99. The molecule has 0 saturated heterocycles. The van der Waals surface area contributed by atoms with Crippen LogP contribution >= 0.6 is 0 Å². The van der Waals surface area contributed by atoms with Gasteiger partial charge in [-0.3, -0.25) is 4.98 Å². The minimum absolute atomic E-state index is 0.139. The monoisotopic (exact) mass is 328 g/mol. The summed E-state index contributed by atoms with van der Waals surface area (Å²) in [5.41, 5.74) is 10.9. The molecule has 2 aromatic carbocycles. The number of fused-ring (bicyclic) bond motifs is 1. The molecule has 0 aliphatic heterocycles. The number of aryl methyl sites for hydroxylation is 1. The van der Waals surface area contributed by atoms with Gasteiger partial charge in [0.25, 0.3) is 0 Å². The number of anilines is 1. The first kappa shape index (κ1) is 15.1. The Kier molecular flexibility index (Phi) is 3.54. The van der Waals surface area contributed by atoms with Gasteiger partial charge in [-0.1, -0.05) is 35.9 Å². The molecule has 25 heavy (non-hydrogen) atoms. The Morgan fingerprint density at radius 1 is 0.920 bits per heavy atom. The third-order valence-corrected chi connectivity index (χ3v) is 4.12. The van der Waals surface area contributed by atoms with Crippen molar-refractivity contribution in [1.82, 2.24) is 15.0 Å². The van der Waals surface area contributed by atoms with E-state index in [1.807, 2.05) is 55.5 Å². The SMILES string of the molecule is Cc1ccc(-c2cc(-c3ccc(O)c4ncccc34)nc(N)n2)cc1. The molecule has 2 heterocycles. The molecule has 0 amide bonds. The zero-order chi connectivity index (χ0) is 17.4. The number of hydrogen-bond donors (Lipinski definition) is 2. The second-order valence-corrected chi connectivity index (χ2v) is 5.89. The number of pyridine rings is 1. The lowest BCUT2D eigenvalue weighted by Gasteiger charge is -2.10. The fraction of sp³-hybridized carbons (Fsp3) is 0.0500. The third-order valence-electron chi connectivity index (χ3n) is 4.12. The summed E-state index contributed by atoms with van der Waals surface area (Å²) in [6.07, 6.45) is 1.65. The number of hydrogen-bond acceptors (Lipinski definition) is 5. The van der Waals surface area contributed by atoms with E-state index in [1.165, 1.54) is 5.56 Å². The smallest absolute Gasteiger partial charge is 0.221 e. The molecule has 0 atom stereocenters. The first-order valence-corrected chi connectivity index (χ1v) is 7.90. The van der Waals surface area contributed by atoms with Crippen LogP contribution in [0, 0.1) is 6.92 Å². The van der Waals surface area contributed by atoms with Crippen LogP contribution in [-0.2, 0) is 0 Å². The van der Waals surface area contributed by atoms with Crippen molar-refractivity contribution in [2.45, 2.75) is 6.92 Å². The van der Waals surface area contributed by atoms with Crippen molar-refractivity contribution in [2.24, 2.45) is 0 Å². The number of phenolic OH excluding ortho intramolecular Hbond substituents is 1. The zero-order valence-corrected chi connectivity index (χ0v) is 13.6. The first-order chi connectivity index (χ1) is 12.1. The van der Waals surface area contributed by atoms with E-state index in [-0.39, 0.29) is 11.7 Å². The van der Waals surface area contributed by atoms with E-state index in [4.69, 9.17) is 5.73 Å². The molecule has 122 valence electrons. The van der Waals surface area contributed by atoms with Crippen LogP contribution in [0.25, 0.3) is 33.4 Å². The van der Waals surface area contributed by atoms with Gasteiger partial charge in [-0.15, -0.1) is 0 Å². The van der Waals surface area contributed by atoms with Crippen LogP contribution in [-0.4, -0.2) is 20.1 Å². The van der Waals surface area contributed by atoms with Gasteiger partial charge in [-0.05, 0) is 31.2 Å².